The Morgan fingerprint density at radius 1 is 1.47 bits per heavy atom. The highest BCUT2D eigenvalue weighted by molar-refractivity contribution is 5.81. The van der Waals surface area contributed by atoms with Gasteiger partial charge in [-0.25, -0.2) is 0 Å². The van der Waals surface area contributed by atoms with Crippen molar-refractivity contribution in [3.63, 3.8) is 0 Å². The molecule has 0 bridgehead atoms. The zero-order valence-corrected chi connectivity index (χ0v) is 8.62. The first-order chi connectivity index (χ1) is 7.31. The van der Waals surface area contributed by atoms with Gasteiger partial charge in [0.25, 0.3) is 0 Å². The lowest BCUT2D eigenvalue weighted by Crippen LogP contribution is -2.03. The van der Waals surface area contributed by atoms with Gasteiger partial charge in [0.1, 0.15) is 18.5 Å². The van der Waals surface area contributed by atoms with Crippen LogP contribution in [0.25, 0.3) is 10.9 Å². The number of benzene rings is 1. The molecule has 3 nitrogen and oxygen atoms in total. The normalized spacial score (nSPS) is 19.4. The highest BCUT2D eigenvalue weighted by Crippen LogP contribution is 2.22. The van der Waals surface area contributed by atoms with Crippen LogP contribution in [-0.2, 0) is 4.74 Å². The van der Waals surface area contributed by atoms with Crippen molar-refractivity contribution in [2.45, 2.75) is 13.0 Å². The molecule has 1 fully saturated rings. The van der Waals surface area contributed by atoms with E-state index in [0.29, 0.717) is 12.7 Å². The van der Waals surface area contributed by atoms with Gasteiger partial charge in [-0.05, 0) is 31.2 Å². The summed E-state index contributed by atoms with van der Waals surface area (Å²) in [5.74, 6) is 0.914. The maximum atomic E-state index is 5.61. The van der Waals surface area contributed by atoms with Gasteiger partial charge in [0.2, 0.25) is 0 Å². The second-order valence-corrected chi connectivity index (χ2v) is 3.97. The number of hydrogen-bond acceptors (Lipinski definition) is 2. The molecule has 78 valence electrons. The second-order valence-electron chi connectivity index (χ2n) is 3.97. The van der Waals surface area contributed by atoms with Gasteiger partial charge in [-0.15, -0.1) is 0 Å². The van der Waals surface area contributed by atoms with Gasteiger partial charge in [0.05, 0.1) is 6.61 Å². The number of fused-ring (bicyclic) bond motifs is 1. The van der Waals surface area contributed by atoms with Crippen LogP contribution in [0.3, 0.4) is 0 Å². The van der Waals surface area contributed by atoms with Crippen LogP contribution in [0.1, 0.15) is 5.69 Å². The molecule has 0 spiro atoms. The molecule has 15 heavy (non-hydrogen) atoms. The molecule has 0 radical (unpaired) electrons. The summed E-state index contributed by atoms with van der Waals surface area (Å²) in [6.07, 6.45) is 0.314. The molecule has 1 aliphatic rings. The number of nitrogens with one attached hydrogen (secondary N) is 1. The van der Waals surface area contributed by atoms with Gasteiger partial charge in [0.15, 0.2) is 0 Å². The van der Waals surface area contributed by atoms with Crippen LogP contribution in [0, 0.1) is 6.92 Å². The molecule has 0 aliphatic carbocycles. The van der Waals surface area contributed by atoms with E-state index in [1.165, 1.54) is 11.1 Å². The Morgan fingerprint density at radius 2 is 2.33 bits per heavy atom. The van der Waals surface area contributed by atoms with Crippen molar-refractivity contribution in [2.24, 2.45) is 0 Å². The number of rotatable bonds is 3. The summed E-state index contributed by atoms with van der Waals surface area (Å²) in [4.78, 5) is 3.28. The number of aromatic amines is 1. The number of ether oxygens (including phenoxy) is 2. The number of hydrogen-bond donors (Lipinski definition) is 1. The first-order valence-corrected chi connectivity index (χ1v) is 5.15. The fourth-order valence-electron chi connectivity index (χ4n) is 1.70. The Bertz CT molecular complexity index is 485. The van der Waals surface area contributed by atoms with E-state index in [9.17, 15) is 0 Å². The van der Waals surface area contributed by atoms with Gasteiger partial charge < -0.3 is 14.5 Å². The third kappa shape index (κ3) is 1.83. The van der Waals surface area contributed by atoms with Crippen LogP contribution in [0.15, 0.2) is 24.3 Å². The van der Waals surface area contributed by atoms with Crippen LogP contribution < -0.4 is 4.74 Å². The molecule has 1 aromatic heterocycles. The van der Waals surface area contributed by atoms with Gasteiger partial charge in [0, 0.05) is 16.6 Å². The summed E-state index contributed by atoms with van der Waals surface area (Å²) in [6, 6.07) is 8.21. The summed E-state index contributed by atoms with van der Waals surface area (Å²) in [5.41, 5.74) is 2.33. The molecule has 3 heteroatoms. The average molecular weight is 203 g/mol. The summed E-state index contributed by atoms with van der Waals surface area (Å²) in [6.45, 7) is 3.55. The van der Waals surface area contributed by atoms with E-state index in [1.807, 2.05) is 12.1 Å². The molecular formula is C12H13NO2. The average Bonchev–Trinajstić information content (AvgIpc) is 2.96. The molecule has 0 amide bonds. The first-order valence-electron chi connectivity index (χ1n) is 5.15. The van der Waals surface area contributed by atoms with Gasteiger partial charge >= 0.3 is 0 Å². The van der Waals surface area contributed by atoms with Crippen LogP contribution in [0.4, 0.5) is 0 Å². The Labute approximate surface area is 88.0 Å². The molecule has 1 aromatic carbocycles. The Kier molecular flexibility index (Phi) is 1.92. The number of aromatic nitrogens is 1. The third-order valence-corrected chi connectivity index (χ3v) is 2.57. The fourth-order valence-corrected chi connectivity index (χ4v) is 1.70. The van der Waals surface area contributed by atoms with E-state index in [2.05, 4.69) is 24.0 Å². The number of epoxide rings is 1. The van der Waals surface area contributed by atoms with Gasteiger partial charge in [-0.1, -0.05) is 0 Å². The Balaban J connectivity index is 1.84. The lowest BCUT2D eigenvalue weighted by Gasteiger charge is -2.03. The zero-order valence-electron chi connectivity index (χ0n) is 8.62. The maximum Gasteiger partial charge on any atom is 0.120 e. The smallest absolute Gasteiger partial charge is 0.120 e. The van der Waals surface area contributed by atoms with Crippen LogP contribution in [-0.4, -0.2) is 24.3 Å². The quantitative estimate of drug-likeness (QED) is 0.777. The molecule has 2 heterocycles. The van der Waals surface area contributed by atoms with Gasteiger partial charge in [-0.3, -0.25) is 0 Å². The SMILES string of the molecule is Cc1cc2cc(OCC3CO3)ccc2[nH]1. The van der Waals surface area contributed by atoms with Crippen molar-refractivity contribution in [2.75, 3.05) is 13.2 Å². The molecule has 1 saturated heterocycles. The number of H-pyrrole nitrogens is 1. The monoisotopic (exact) mass is 203 g/mol. The van der Waals surface area contributed by atoms with E-state index < -0.39 is 0 Å². The highest BCUT2D eigenvalue weighted by atomic mass is 16.6. The van der Waals surface area contributed by atoms with Crippen molar-refractivity contribution < 1.29 is 9.47 Å². The molecule has 1 atom stereocenters. The number of aryl methyl sites for hydroxylation is 1. The topological polar surface area (TPSA) is 37.5 Å². The lowest BCUT2D eigenvalue weighted by atomic mass is 10.2. The predicted octanol–water partition coefficient (Wildman–Crippen LogP) is 2.25. The van der Waals surface area contributed by atoms with Crippen LogP contribution >= 0.6 is 0 Å². The Hall–Kier alpha value is -1.48. The molecule has 1 aliphatic heterocycles. The molecule has 1 unspecified atom stereocenters. The van der Waals surface area contributed by atoms with Crippen LogP contribution in [0.2, 0.25) is 0 Å². The van der Waals surface area contributed by atoms with E-state index in [4.69, 9.17) is 9.47 Å². The minimum atomic E-state index is 0.314. The molecule has 2 aromatic rings. The standard InChI is InChI=1S/C12H13NO2/c1-8-4-9-5-10(2-3-12(9)13-8)14-6-11-7-15-11/h2-5,11,13H,6-7H2,1H3. The van der Waals surface area contributed by atoms with E-state index in [-0.39, 0.29) is 0 Å². The highest BCUT2D eigenvalue weighted by Gasteiger charge is 2.22. The van der Waals surface area contributed by atoms with E-state index >= 15 is 0 Å². The molecule has 0 saturated carbocycles. The third-order valence-electron chi connectivity index (χ3n) is 2.57. The summed E-state index contributed by atoms with van der Waals surface area (Å²) < 4.78 is 10.7. The van der Waals surface area contributed by atoms with Crippen molar-refractivity contribution >= 4 is 10.9 Å². The minimum Gasteiger partial charge on any atom is -0.491 e. The molecule has 3 rings (SSSR count). The van der Waals surface area contributed by atoms with E-state index in [0.717, 1.165) is 17.9 Å². The van der Waals surface area contributed by atoms with Crippen molar-refractivity contribution in [3.05, 3.63) is 30.0 Å². The van der Waals surface area contributed by atoms with Crippen molar-refractivity contribution in [1.82, 2.24) is 4.98 Å². The fraction of sp³-hybridized carbons (Fsp3) is 0.333. The zero-order chi connectivity index (χ0) is 10.3. The van der Waals surface area contributed by atoms with Gasteiger partial charge in [-0.2, -0.15) is 0 Å². The molecular weight excluding hydrogens is 190 g/mol. The minimum absolute atomic E-state index is 0.314. The second kappa shape index (κ2) is 3.28. The maximum absolute atomic E-state index is 5.61. The van der Waals surface area contributed by atoms with Crippen molar-refractivity contribution in [3.8, 4) is 5.75 Å². The molecule has 1 N–H and O–H groups in total. The summed E-state index contributed by atoms with van der Waals surface area (Å²) >= 11 is 0. The summed E-state index contributed by atoms with van der Waals surface area (Å²) in [7, 11) is 0. The predicted molar refractivity (Wildman–Crippen MR) is 58.3 cm³/mol. The van der Waals surface area contributed by atoms with Crippen LogP contribution in [0.5, 0.6) is 5.75 Å². The largest absolute Gasteiger partial charge is 0.491 e. The van der Waals surface area contributed by atoms with Crippen molar-refractivity contribution in [1.29, 1.82) is 0 Å². The van der Waals surface area contributed by atoms with E-state index in [1.54, 1.807) is 0 Å². The first kappa shape index (κ1) is 8.80. The summed E-state index contributed by atoms with van der Waals surface area (Å²) in [5, 5.41) is 1.20. The Morgan fingerprint density at radius 3 is 3.13 bits per heavy atom. The lowest BCUT2D eigenvalue weighted by molar-refractivity contribution is 0.263.